The van der Waals surface area contributed by atoms with E-state index < -0.39 is 29.8 Å². The minimum atomic E-state index is -1.22. The molecule has 6 nitrogen and oxygen atoms in total. The second kappa shape index (κ2) is 3.69. The van der Waals surface area contributed by atoms with Gasteiger partial charge in [0.25, 0.3) is 0 Å². The quantitative estimate of drug-likeness (QED) is 0.648. The SMILES string of the molecule is CC(C)(C)OC(=O)N1C[C@H](O)[C@@H]1C(=O)O. The molecular weight excluding hydrogens is 202 g/mol. The van der Waals surface area contributed by atoms with Gasteiger partial charge in [-0.3, -0.25) is 4.90 Å². The number of carboxylic acids is 1. The van der Waals surface area contributed by atoms with E-state index in [0.29, 0.717) is 0 Å². The van der Waals surface area contributed by atoms with Gasteiger partial charge in [0.2, 0.25) is 0 Å². The van der Waals surface area contributed by atoms with Crippen molar-refractivity contribution in [3.8, 4) is 0 Å². The van der Waals surface area contributed by atoms with E-state index in [1.165, 1.54) is 0 Å². The molecule has 0 aromatic heterocycles. The van der Waals surface area contributed by atoms with Crippen molar-refractivity contribution >= 4 is 12.1 Å². The van der Waals surface area contributed by atoms with Crippen LogP contribution in [0.2, 0.25) is 0 Å². The maximum absolute atomic E-state index is 11.4. The minimum absolute atomic E-state index is 0.00583. The van der Waals surface area contributed by atoms with Crippen LogP contribution in [-0.2, 0) is 9.53 Å². The van der Waals surface area contributed by atoms with Gasteiger partial charge < -0.3 is 14.9 Å². The van der Waals surface area contributed by atoms with Gasteiger partial charge >= 0.3 is 12.1 Å². The molecule has 0 bridgehead atoms. The van der Waals surface area contributed by atoms with E-state index in [-0.39, 0.29) is 6.54 Å². The average Bonchev–Trinajstić information content (AvgIpc) is 1.94. The van der Waals surface area contributed by atoms with Gasteiger partial charge in [-0.05, 0) is 20.8 Å². The summed E-state index contributed by atoms with van der Waals surface area (Å²) in [4.78, 5) is 23.1. The Morgan fingerprint density at radius 1 is 1.40 bits per heavy atom. The fraction of sp³-hybridized carbons (Fsp3) is 0.778. The summed E-state index contributed by atoms with van der Waals surface area (Å²) in [5, 5.41) is 17.9. The summed E-state index contributed by atoms with van der Waals surface area (Å²) >= 11 is 0. The lowest BCUT2D eigenvalue weighted by molar-refractivity contribution is -0.158. The van der Waals surface area contributed by atoms with Crippen molar-refractivity contribution in [3.05, 3.63) is 0 Å². The summed E-state index contributed by atoms with van der Waals surface area (Å²) in [5.41, 5.74) is -0.666. The predicted octanol–water partition coefficient (Wildman–Crippen LogP) is 0.0512. The maximum Gasteiger partial charge on any atom is 0.411 e. The first-order chi connectivity index (χ1) is 6.72. The van der Waals surface area contributed by atoms with Gasteiger partial charge in [-0.2, -0.15) is 0 Å². The highest BCUT2D eigenvalue weighted by atomic mass is 16.6. The number of likely N-dealkylation sites (tertiary alicyclic amines) is 1. The second-order valence-corrected chi connectivity index (χ2v) is 4.48. The number of amides is 1. The predicted molar refractivity (Wildman–Crippen MR) is 50.4 cm³/mol. The molecule has 0 spiro atoms. The Morgan fingerprint density at radius 3 is 2.27 bits per heavy atom. The first kappa shape index (κ1) is 11.8. The Kier molecular flexibility index (Phi) is 2.90. The molecule has 0 radical (unpaired) electrons. The number of aliphatic hydroxyl groups is 1. The third-order valence-corrected chi connectivity index (χ3v) is 1.97. The van der Waals surface area contributed by atoms with Gasteiger partial charge in [-0.15, -0.1) is 0 Å². The monoisotopic (exact) mass is 217 g/mol. The molecule has 1 amide bonds. The number of carbonyl (C=O) groups is 2. The minimum Gasteiger partial charge on any atom is -0.480 e. The zero-order chi connectivity index (χ0) is 11.8. The first-order valence-corrected chi connectivity index (χ1v) is 4.63. The van der Waals surface area contributed by atoms with Gasteiger partial charge in [-0.25, -0.2) is 9.59 Å². The Labute approximate surface area is 87.4 Å². The molecule has 1 rings (SSSR count). The van der Waals surface area contributed by atoms with Crippen molar-refractivity contribution in [2.24, 2.45) is 0 Å². The molecule has 0 unspecified atom stereocenters. The molecule has 15 heavy (non-hydrogen) atoms. The number of carboxylic acid groups (broad SMARTS) is 1. The van der Waals surface area contributed by atoms with Crippen LogP contribution in [0.4, 0.5) is 4.79 Å². The molecule has 1 fully saturated rings. The number of rotatable bonds is 1. The molecule has 6 heteroatoms. The zero-order valence-corrected chi connectivity index (χ0v) is 8.93. The van der Waals surface area contributed by atoms with Crippen LogP contribution in [0.5, 0.6) is 0 Å². The van der Waals surface area contributed by atoms with Crippen molar-refractivity contribution in [1.29, 1.82) is 0 Å². The molecule has 0 aliphatic carbocycles. The fourth-order valence-electron chi connectivity index (χ4n) is 1.29. The Bertz CT molecular complexity index is 283. The maximum atomic E-state index is 11.4. The molecule has 2 N–H and O–H groups in total. The summed E-state index contributed by atoms with van der Waals surface area (Å²) in [6.45, 7) is 5.08. The van der Waals surface area contributed by atoms with E-state index in [9.17, 15) is 9.59 Å². The number of nitrogens with zero attached hydrogens (tertiary/aromatic N) is 1. The third kappa shape index (κ3) is 2.59. The highest BCUT2D eigenvalue weighted by Gasteiger charge is 2.47. The van der Waals surface area contributed by atoms with E-state index in [1.807, 2.05) is 0 Å². The Balaban J connectivity index is 2.59. The number of hydrogen-bond acceptors (Lipinski definition) is 4. The van der Waals surface area contributed by atoms with E-state index in [4.69, 9.17) is 14.9 Å². The number of hydrogen-bond donors (Lipinski definition) is 2. The summed E-state index contributed by atoms with van der Waals surface area (Å²) in [5.74, 6) is -1.22. The molecule has 1 aliphatic rings. The number of β-amino-alcohol motifs (C(OH)–C–C–N with tert-alkyl or cyclic N) is 1. The number of aliphatic hydroxyl groups excluding tert-OH is 1. The molecule has 0 aromatic rings. The normalized spacial score (nSPS) is 25.7. The van der Waals surface area contributed by atoms with Crippen molar-refractivity contribution < 1.29 is 24.5 Å². The third-order valence-electron chi connectivity index (χ3n) is 1.97. The van der Waals surface area contributed by atoms with Crippen LogP contribution in [0.25, 0.3) is 0 Å². The lowest BCUT2D eigenvalue weighted by Crippen LogP contribution is -2.66. The molecule has 1 saturated heterocycles. The molecular formula is C9H15NO5. The van der Waals surface area contributed by atoms with Crippen molar-refractivity contribution in [2.75, 3.05) is 6.54 Å². The van der Waals surface area contributed by atoms with Crippen LogP contribution >= 0.6 is 0 Å². The van der Waals surface area contributed by atoms with E-state index in [0.717, 1.165) is 4.90 Å². The molecule has 0 saturated carbocycles. The first-order valence-electron chi connectivity index (χ1n) is 4.63. The molecule has 1 heterocycles. The highest BCUT2D eigenvalue weighted by molar-refractivity contribution is 5.83. The van der Waals surface area contributed by atoms with Crippen molar-refractivity contribution in [1.82, 2.24) is 4.90 Å². The fourth-order valence-corrected chi connectivity index (χ4v) is 1.29. The summed E-state index contributed by atoms with van der Waals surface area (Å²) < 4.78 is 4.98. The van der Waals surface area contributed by atoms with Crippen LogP contribution in [-0.4, -0.2) is 51.5 Å². The Morgan fingerprint density at radius 2 is 1.93 bits per heavy atom. The summed E-state index contributed by atoms with van der Waals surface area (Å²) in [6.07, 6.45) is -1.71. The van der Waals surface area contributed by atoms with Crippen LogP contribution < -0.4 is 0 Å². The molecule has 1 aliphatic heterocycles. The summed E-state index contributed by atoms with van der Waals surface area (Å²) in [7, 11) is 0. The van der Waals surface area contributed by atoms with Gasteiger partial charge in [-0.1, -0.05) is 0 Å². The lowest BCUT2D eigenvalue weighted by Gasteiger charge is -2.42. The number of ether oxygens (including phenoxy) is 1. The second-order valence-electron chi connectivity index (χ2n) is 4.48. The highest BCUT2D eigenvalue weighted by Crippen LogP contribution is 2.21. The average molecular weight is 217 g/mol. The van der Waals surface area contributed by atoms with Crippen molar-refractivity contribution in [2.45, 2.75) is 38.5 Å². The van der Waals surface area contributed by atoms with E-state index in [2.05, 4.69) is 0 Å². The standard InChI is InChI=1S/C9H15NO5/c1-9(2,3)15-8(14)10-4-5(11)6(10)7(12)13/h5-6,11H,4H2,1-3H3,(H,12,13)/t5-,6+/m0/s1. The smallest absolute Gasteiger partial charge is 0.411 e. The topological polar surface area (TPSA) is 87.1 Å². The van der Waals surface area contributed by atoms with Crippen LogP contribution in [0.1, 0.15) is 20.8 Å². The largest absolute Gasteiger partial charge is 0.480 e. The van der Waals surface area contributed by atoms with Crippen LogP contribution in [0, 0.1) is 0 Å². The van der Waals surface area contributed by atoms with Gasteiger partial charge in [0.1, 0.15) is 11.7 Å². The van der Waals surface area contributed by atoms with Crippen LogP contribution in [0.15, 0.2) is 0 Å². The molecule has 2 atom stereocenters. The van der Waals surface area contributed by atoms with Crippen molar-refractivity contribution in [3.63, 3.8) is 0 Å². The Hall–Kier alpha value is -1.30. The van der Waals surface area contributed by atoms with Gasteiger partial charge in [0, 0.05) is 0 Å². The molecule has 86 valence electrons. The van der Waals surface area contributed by atoms with Gasteiger partial charge in [0.15, 0.2) is 6.04 Å². The number of aliphatic carboxylic acids is 1. The lowest BCUT2D eigenvalue weighted by atomic mass is 10.0. The zero-order valence-electron chi connectivity index (χ0n) is 8.93. The van der Waals surface area contributed by atoms with Gasteiger partial charge in [0.05, 0.1) is 6.54 Å². The van der Waals surface area contributed by atoms with Crippen LogP contribution in [0.3, 0.4) is 0 Å². The summed E-state index contributed by atoms with van der Waals surface area (Å²) in [6, 6.07) is -1.18. The molecule has 0 aromatic carbocycles. The number of carbonyl (C=O) groups excluding carboxylic acids is 1. The van der Waals surface area contributed by atoms with E-state index >= 15 is 0 Å². The van der Waals surface area contributed by atoms with E-state index in [1.54, 1.807) is 20.8 Å².